The molecule has 1 aromatic rings. The molecule has 19 heavy (non-hydrogen) atoms. The van der Waals surface area contributed by atoms with E-state index in [1.54, 1.807) is 5.94 Å². The molecule has 0 N–H and O–H groups in total. The number of unbranched alkanes of at least 4 members (excludes halogenated alkanes) is 6. The number of hydrogen-bond acceptors (Lipinski definition) is 2. The SMILES string of the molecule is CCCCCCCCCc1ccc(OC=C=O)cc1. The lowest BCUT2D eigenvalue weighted by atomic mass is 10.0. The van der Waals surface area contributed by atoms with Gasteiger partial charge in [0.25, 0.3) is 0 Å². The van der Waals surface area contributed by atoms with Gasteiger partial charge in [-0.25, -0.2) is 4.79 Å². The van der Waals surface area contributed by atoms with E-state index in [0.29, 0.717) is 5.75 Å². The van der Waals surface area contributed by atoms with E-state index in [4.69, 9.17) is 4.74 Å². The van der Waals surface area contributed by atoms with E-state index >= 15 is 0 Å². The fraction of sp³-hybridized carbons (Fsp3) is 0.529. The summed E-state index contributed by atoms with van der Waals surface area (Å²) in [7, 11) is 0. The highest BCUT2D eigenvalue weighted by atomic mass is 16.5. The Balaban J connectivity index is 2.14. The molecule has 0 spiro atoms. The van der Waals surface area contributed by atoms with E-state index in [-0.39, 0.29) is 0 Å². The Hall–Kier alpha value is -1.53. The highest BCUT2D eigenvalue weighted by Gasteiger charge is 1.96. The van der Waals surface area contributed by atoms with Crippen molar-refractivity contribution in [2.24, 2.45) is 0 Å². The topological polar surface area (TPSA) is 26.3 Å². The predicted octanol–water partition coefficient (Wildman–Crippen LogP) is 4.70. The van der Waals surface area contributed by atoms with Crippen LogP contribution in [0.15, 0.2) is 30.5 Å². The van der Waals surface area contributed by atoms with Crippen molar-refractivity contribution in [2.75, 3.05) is 0 Å². The quantitative estimate of drug-likeness (QED) is 0.346. The minimum atomic E-state index is 0.687. The molecule has 0 amide bonds. The van der Waals surface area contributed by atoms with Crippen molar-refractivity contribution in [1.82, 2.24) is 0 Å². The molecule has 0 aliphatic heterocycles. The van der Waals surface area contributed by atoms with Crippen LogP contribution in [0, 0.1) is 0 Å². The standard InChI is InChI=1S/C17H24O2/c1-2-3-4-5-6-7-8-9-16-10-12-17(13-11-16)19-15-14-18/h10-13,15H,2-9H2,1H3. The fourth-order valence-electron chi connectivity index (χ4n) is 2.11. The van der Waals surface area contributed by atoms with Crippen LogP contribution in [0.2, 0.25) is 0 Å². The smallest absolute Gasteiger partial charge is 0.174 e. The molecular weight excluding hydrogens is 236 g/mol. The van der Waals surface area contributed by atoms with Gasteiger partial charge in [-0.1, -0.05) is 57.6 Å². The van der Waals surface area contributed by atoms with Crippen LogP contribution in [-0.2, 0) is 11.2 Å². The zero-order valence-corrected chi connectivity index (χ0v) is 11.9. The van der Waals surface area contributed by atoms with E-state index < -0.39 is 0 Å². The zero-order valence-electron chi connectivity index (χ0n) is 11.9. The van der Waals surface area contributed by atoms with Crippen molar-refractivity contribution in [2.45, 2.75) is 58.3 Å². The highest BCUT2D eigenvalue weighted by Crippen LogP contribution is 2.15. The second kappa shape index (κ2) is 10.4. The summed E-state index contributed by atoms with van der Waals surface area (Å²) in [5, 5.41) is 0. The molecule has 0 saturated heterocycles. The summed E-state index contributed by atoms with van der Waals surface area (Å²) >= 11 is 0. The van der Waals surface area contributed by atoms with Crippen LogP contribution in [0.4, 0.5) is 0 Å². The van der Waals surface area contributed by atoms with Gasteiger partial charge in [-0.2, -0.15) is 0 Å². The van der Waals surface area contributed by atoms with E-state index in [1.807, 2.05) is 12.1 Å². The third kappa shape index (κ3) is 7.48. The Kier molecular flexibility index (Phi) is 8.50. The van der Waals surface area contributed by atoms with Crippen LogP contribution < -0.4 is 4.74 Å². The minimum absolute atomic E-state index is 0.687. The van der Waals surface area contributed by atoms with Gasteiger partial charge in [0.2, 0.25) is 0 Å². The third-order valence-corrected chi connectivity index (χ3v) is 3.24. The fourth-order valence-corrected chi connectivity index (χ4v) is 2.11. The molecule has 0 heterocycles. The first-order chi connectivity index (χ1) is 9.36. The van der Waals surface area contributed by atoms with Crippen molar-refractivity contribution in [1.29, 1.82) is 0 Å². The van der Waals surface area contributed by atoms with Gasteiger partial charge in [0.15, 0.2) is 12.2 Å². The number of hydrogen-bond donors (Lipinski definition) is 0. The monoisotopic (exact) mass is 260 g/mol. The van der Waals surface area contributed by atoms with Crippen molar-refractivity contribution >= 4 is 5.94 Å². The summed E-state index contributed by atoms with van der Waals surface area (Å²) < 4.78 is 5.04. The summed E-state index contributed by atoms with van der Waals surface area (Å²) in [5.74, 6) is 2.28. The first-order valence-corrected chi connectivity index (χ1v) is 7.31. The lowest BCUT2D eigenvalue weighted by molar-refractivity contribution is 0.476. The van der Waals surface area contributed by atoms with Crippen LogP contribution in [0.5, 0.6) is 5.75 Å². The molecule has 0 aromatic heterocycles. The van der Waals surface area contributed by atoms with Gasteiger partial charge in [0, 0.05) is 0 Å². The Morgan fingerprint density at radius 2 is 1.63 bits per heavy atom. The van der Waals surface area contributed by atoms with E-state index in [1.165, 1.54) is 50.5 Å². The summed E-state index contributed by atoms with van der Waals surface area (Å²) in [4.78, 5) is 10.0. The number of ether oxygens (including phenoxy) is 1. The maximum atomic E-state index is 10.0. The maximum Gasteiger partial charge on any atom is 0.174 e. The van der Waals surface area contributed by atoms with E-state index in [0.717, 1.165) is 12.7 Å². The molecule has 2 heteroatoms. The largest absolute Gasteiger partial charge is 0.453 e. The number of benzene rings is 1. The van der Waals surface area contributed by atoms with E-state index in [2.05, 4.69) is 19.1 Å². The summed E-state index contributed by atoms with van der Waals surface area (Å²) in [6.45, 7) is 2.25. The van der Waals surface area contributed by atoms with Crippen molar-refractivity contribution < 1.29 is 9.53 Å². The van der Waals surface area contributed by atoms with Gasteiger partial charge in [-0.3, -0.25) is 0 Å². The molecule has 0 fully saturated rings. The van der Waals surface area contributed by atoms with Crippen molar-refractivity contribution in [3.05, 3.63) is 36.1 Å². The number of carbonyl (C=O) groups excluding carboxylic acids is 1. The Morgan fingerprint density at radius 3 is 2.26 bits per heavy atom. The molecule has 2 nitrogen and oxygen atoms in total. The second-order valence-corrected chi connectivity index (χ2v) is 4.87. The average molecular weight is 260 g/mol. The van der Waals surface area contributed by atoms with Crippen LogP contribution in [0.25, 0.3) is 0 Å². The first kappa shape index (κ1) is 15.5. The van der Waals surface area contributed by atoms with Gasteiger partial charge < -0.3 is 4.74 Å². The third-order valence-electron chi connectivity index (χ3n) is 3.24. The van der Waals surface area contributed by atoms with Gasteiger partial charge in [0.1, 0.15) is 5.75 Å². The van der Waals surface area contributed by atoms with Crippen molar-refractivity contribution in [3.8, 4) is 5.75 Å². The molecule has 0 aliphatic rings. The molecule has 0 bridgehead atoms. The second-order valence-electron chi connectivity index (χ2n) is 4.87. The molecule has 0 radical (unpaired) electrons. The minimum Gasteiger partial charge on any atom is -0.453 e. The van der Waals surface area contributed by atoms with Crippen molar-refractivity contribution in [3.63, 3.8) is 0 Å². The molecule has 0 saturated carbocycles. The maximum absolute atomic E-state index is 10.0. The Morgan fingerprint density at radius 1 is 1.00 bits per heavy atom. The Labute approximate surface area is 116 Å². The molecular formula is C17H24O2. The summed E-state index contributed by atoms with van der Waals surface area (Å²) in [6, 6.07) is 7.91. The molecule has 1 rings (SSSR count). The number of rotatable bonds is 10. The molecule has 0 aliphatic carbocycles. The van der Waals surface area contributed by atoms with Crippen LogP contribution >= 0.6 is 0 Å². The normalized spacial score (nSPS) is 9.95. The predicted molar refractivity (Wildman–Crippen MR) is 79.0 cm³/mol. The lowest BCUT2D eigenvalue weighted by Gasteiger charge is -2.03. The summed E-state index contributed by atoms with van der Waals surface area (Å²) in [5.41, 5.74) is 1.33. The molecule has 0 unspecified atom stereocenters. The van der Waals surface area contributed by atoms with Gasteiger partial charge in [-0.05, 0) is 30.5 Å². The summed E-state index contributed by atoms with van der Waals surface area (Å²) in [6.07, 6.45) is 11.5. The van der Waals surface area contributed by atoms with Crippen LogP contribution in [0.1, 0.15) is 57.4 Å². The van der Waals surface area contributed by atoms with Gasteiger partial charge in [0.05, 0.1) is 0 Å². The number of aryl methyl sites for hydroxylation is 1. The lowest BCUT2D eigenvalue weighted by Crippen LogP contribution is -1.88. The molecule has 0 atom stereocenters. The van der Waals surface area contributed by atoms with Gasteiger partial charge >= 0.3 is 0 Å². The Bertz CT molecular complexity index is 375. The van der Waals surface area contributed by atoms with E-state index in [9.17, 15) is 4.79 Å². The van der Waals surface area contributed by atoms with Crippen LogP contribution in [0.3, 0.4) is 0 Å². The zero-order chi connectivity index (χ0) is 13.8. The average Bonchev–Trinajstić information content (AvgIpc) is 2.45. The first-order valence-electron chi connectivity index (χ1n) is 7.31. The van der Waals surface area contributed by atoms with Crippen LogP contribution in [-0.4, -0.2) is 5.94 Å². The van der Waals surface area contributed by atoms with Gasteiger partial charge in [-0.15, -0.1) is 0 Å². The molecule has 1 aromatic carbocycles. The molecule has 104 valence electrons. The highest BCUT2D eigenvalue weighted by molar-refractivity contribution is 5.43.